The maximum Gasteiger partial charge on any atom is 0.00728 e. The van der Waals surface area contributed by atoms with E-state index in [1.54, 1.807) is 0 Å². The summed E-state index contributed by atoms with van der Waals surface area (Å²) in [6, 6.07) is 0. The molecule has 0 radical (unpaired) electrons. The van der Waals surface area contributed by atoms with Crippen molar-refractivity contribution in [2.24, 2.45) is 5.92 Å². The number of hydrogen-bond donors (Lipinski definition) is 1. The highest BCUT2D eigenvalue weighted by atomic mass is 32.2. The molecule has 12 heavy (non-hydrogen) atoms. The van der Waals surface area contributed by atoms with Crippen molar-refractivity contribution in [3.63, 3.8) is 0 Å². The first-order valence-corrected chi connectivity index (χ1v) is 5.93. The highest BCUT2D eigenvalue weighted by Crippen LogP contribution is 2.10. The van der Waals surface area contributed by atoms with E-state index in [2.05, 4.69) is 28.9 Å². The summed E-state index contributed by atoms with van der Waals surface area (Å²) in [5.41, 5.74) is 0. The Kier molecular flexibility index (Phi) is 5.04. The van der Waals surface area contributed by atoms with E-state index < -0.39 is 0 Å². The molecule has 2 nitrogen and oxygen atoms in total. The average Bonchev–Trinajstić information content (AvgIpc) is 2.06. The predicted octanol–water partition coefficient (Wildman–Crippen LogP) is 0.891. The number of hydrogen-bond acceptors (Lipinski definition) is 3. The van der Waals surface area contributed by atoms with Gasteiger partial charge in [-0.05, 0) is 19.5 Å². The molecule has 1 heterocycles. The Balaban J connectivity index is 2.11. The molecule has 3 heteroatoms. The highest BCUT2D eigenvalue weighted by molar-refractivity contribution is 7.99. The Morgan fingerprint density at radius 2 is 2.08 bits per heavy atom. The first-order valence-electron chi connectivity index (χ1n) is 4.77. The number of thioether (sulfide) groups is 1. The predicted molar refractivity (Wildman–Crippen MR) is 56.9 cm³/mol. The Labute approximate surface area is 80.1 Å². The van der Waals surface area contributed by atoms with Gasteiger partial charge in [-0.15, -0.1) is 0 Å². The topological polar surface area (TPSA) is 15.3 Å². The summed E-state index contributed by atoms with van der Waals surface area (Å²) in [6.45, 7) is 7.31. The summed E-state index contributed by atoms with van der Waals surface area (Å²) < 4.78 is 0. The van der Waals surface area contributed by atoms with Crippen LogP contribution in [0.15, 0.2) is 0 Å². The third kappa shape index (κ3) is 3.78. The van der Waals surface area contributed by atoms with Gasteiger partial charge in [0.05, 0.1) is 0 Å². The van der Waals surface area contributed by atoms with Crippen LogP contribution < -0.4 is 5.32 Å². The molecule has 0 bridgehead atoms. The zero-order valence-electron chi connectivity index (χ0n) is 8.18. The average molecular weight is 188 g/mol. The van der Waals surface area contributed by atoms with Gasteiger partial charge in [0.25, 0.3) is 0 Å². The molecular formula is C9H20N2S. The monoisotopic (exact) mass is 188 g/mol. The number of nitrogens with zero attached hydrogens (tertiary/aromatic N) is 1. The van der Waals surface area contributed by atoms with Crippen molar-refractivity contribution in [2.45, 2.75) is 6.92 Å². The minimum Gasteiger partial charge on any atom is -0.319 e. The van der Waals surface area contributed by atoms with Crippen molar-refractivity contribution in [3.8, 4) is 0 Å². The van der Waals surface area contributed by atoms with E-state index in [9.17, 15) is 0 Å². The molecule has 1 saturated heterocycles. The lowest BCUT2D eigenvalue weighted by molar-refractivity contribution is 0.258. The Hall–Kier alpha value is 0.270. The molecular weight excluding hydrogens is 168 g/mol. The maximum absolute atomic E-state index is 3.23. The Morgan fingerprint density at radius 1 is 1.42 bits per heavy atom. The Morgan fingerprint density at radius 3 is 2.67 bits per heavy atom. The molecule has 1 atom stereocenters. The van der Waals surface area contributed by atoms with Crippen LogP contribution in [0.4, 0.5) is 0 Å². The van der Waals surface area contributed by atoms with Crippen LogP contribution in [0.2, 0.25) is 0 Å². The third-order valence-corrected chi connectivity index (χ3v) is 3.17. The molecule has 0 aliphatic carbocycles. The van der Waals surface area contributed by atoms with Crippen LogP contribution in [0.3, 0.4) is 0 Å². The van der Waals surface area contributed by atoms with Gasteiger partial charge in [0.2, 0.25) is 0 Å². The van der Waals surface area contributed by atoms with Gasteiger partial charge in [0.1, 0.15) is 0 Å². The fraction of sp³-hybridized carbons (Fsp3) is 1.00. The normalized spacial score (nSPS) is 22.5. The van der Waals surface area contributed by atoms with Gasteiger partial charge >= 0.3 is 0 Å². The number of nitrogens with one attached hydrogen (secondary N) is 1. The van der Waals surface area contributed by atoms with Gasteiger partial charge in [-0.25, -0.2) is 0 Å². The van der Waals surface area contributed by atoms with E-state index in [4.69, 9.17) is 0 Å². The lowest BCUT2D eigenvalue weighted by Crippen LogP contribution is -2.37. The van der Waals surface area contributed by atoms with E-state index in [0.717, 1.165) is 12.5 Å². The fourth-order valence-electron chi connectivity index (χ4n) is 1.64. The van der Waals surface area contributed by atoms with Gasteiger partial charge < -0.3 is 10.2 Å². The summed E-state index contributed by atoms with van der Waals surface area (Å²) in [5.74, 6) is 3.44. The molecule has 1 unspecified atom stereocenters. The van der Waals surface area contributed by atoms with Crippen LogP contribution in [-0.2, 0) is 0 Å². The molecule has 0 amide bonds. The molecule has 72 valence electrons. The largest absolute Gasteiger partial charge is 0.319 e. The van der Waals surface area contributed by atoms with Gasteiger partial charge in [0, 0.05) is 31.1 Å². The first-order chi connectivity index (χ1) is 5.83. The SMILES string of the molecule is CNCC(C)CN1CCSCC1. The molecule has 0 aromatic rings. The zero-order chi connectivity index (χ0) is 8.81. The summed E-state index contributed by atoms with van der Waals surface area (Å²) in [4.78, 5) is 2.58. The minimum atomic E-state index is 0.790. The minimum absolute atomic E-state index is 0.790. The first kappa shape index (κ1) is 10.4. The van der Waals surface area contributed by atoms with E-state index >= 15 is 0 Å². The molecule has 1 aliphatic rings. The van der Waals surface area contributed by atoms with E-state index in [0.29, 0.717) is 0 Å². The van der Waals surface area contributed by atoms with E-state index in [1.807, 2.05) is 7.05 Å². The van der Waals surface area contributed by atoms with Gasteiger partial charge in [-0.1, -0.05) is 6.92 Å². The number of rotatable bonds is 4. The highest BCUT2D eigenvalue weighted by Gasteiger charge is 2.12. The van der Waals surface area contributed by atoms with Crippen molar-refractivity contribution >= 4 is 11.8 Å². The van der Waals surface area contributed by atoms with Crippen molar-refractivity contribution in [1.29, 1.82) is 0 Å². The van der Waals surface area contributed by atoms with Gasteiger partial charge in [-0.3, -0.25) is 0 Å². The quantitative estimate of drug-likeness (QED) is 0.705. The molecule has 0 aromatic heterocycles. The molecule has 0 spiro atoms. The van der Waals surface area contributed by atoms with Crippen molar-refractivity contribution < 1.29 is 0 Å². The lowest BCUT2D eigenvalue weighted by Gasteiger charge is -2.28. The van der Waals surface area contributed by atoms with Gasteiger partial charge in [0.15, 0.2) is 0 Å². The van der Waals surface area contributed by atoms with Crippen LogP contribution >= 0.6 is 11.8 Å². The molecule has 1 N–H and O–H groups in total. The Bertz CT molecular complexity index is 113. The maximum atomic E-state index is 3.23. The standard InChI is InChI=1S/C9H20N2S/c1-9(7-10-2)8-11-3-5-12-6-4-11/h9-10H,3-8H2,1-2H3. The van der Waals surface area contributed by atoms with Crippen LogP contribution in [0, 0.1) is 5.92 Å². The lowest BCUT2D eigenvalue weighted by atomic mass is 10.1. The smallest absolute Gasteiger partial charge is 0.00728 e. The second kappa shape index (κ2) is 5.84. The summed E-state index contributed by atoms with van der Waals surface area (Å²) in [6.07, 6.45) is 0. The second-order valence-electron chi connectivity index (χ2n) is 3.58. The van der Waals surface area contributed by atoms with Gasteiger partial charge in [-0.2, -0.15) is 11.8 Å². The molecule has 1 rings (SSSR count). The van der Waals surface area contributed by atoms with Crippen molar-refractivity contribution in [1.82, 2.24) is 10.2 Å². The summed E-state index contributed by atoms with van der Waals surface area (Å²) in [5, 5.41) is 3.23. The van der Waals surface area contributed by atoms with Crippen LogP contribution in [-0.4, -0.2) is 49.6 Å². The van der Waals surface area contributed by atoms with Crippen molar-refractivity contribution in [3.05, 3.63) is 0 Å². The molecule has 1 fully saturated rings. The second-order valence-corrected chi connectivity index (χ2v) is 4.80. The molecule has 1 aliphatic heterocycles. The summed E-state index contributed by atoms with van der Waals surface area (Å²) >= 11 is 2.08. The van der Waals surface area contributed by atoms with Crippen LogP contribution in [0.5, 0.6) is 0 Å². The molecule has 0 saturated carbocycles. The zero-order valence-corrected chi connectivity index (χ0v) is 8.99. The summed E-state index contributed by atoms with van der Waals surface area (Å²) in [7, 11) is 2.03. The molecule has 0 aromatic carbocycles. The van der Waals surface area contributed by atoms with Crippen molar-refractivity contribution in [2.75, 3.05) is 44.7 Å². The van der Waals surface area contributed by atoms with Crippen LogP contribution in [0.25, 0.3) is 0 Å². The van der Waals surface area contributed by atoms with Crippen LogP contribution in [0.1, 0.15) is 6.92 Å². The van der Waals surface area contributed by atoms with E-state index in [1.165, 1.54) is 31.1 Å². The van der Waals surface area contributed by atoms with E-state index in [-0.39, 0.29) is 0 Å². The third-order valence-electron chi connectivity index (χ3n) is 2.23. The fourth-order valence-corrected chi connectivity index (χ4v) is 2.62.